The number of carboxylic acids is 1. The number of carboxylic acid groups (broad SMARTS) is 1. The molecule has 0 fully saturated rings. The molecule has 0 spiro atoms. The summed E-state index contributed by atoms with van der Waals surface area (Å²) in [6, 6.07) is 7.11. The van der Waals surface area contributed by atoms with Crippen LogP contribution in [0.25, 0.3) is 0 Å². The summed E-state index contributed by atoms with van der Waals surface area (Å²) < 4.78 is 5.17. The van der Waals surface area contributed by atoms with E-state index in [1.165, 1.54) is 18.0 Å². The van der Waals surface area contributed by atoms with Gasteiger partial charge in [0.25, 0.3) is 0 Å². The molecule has 0 aliphatic carbocycles. The third-order valence-electron chi connectivity index (χ3n) is 1.92. The minimum atomic E-state index is -1.01. The van der Waals surface area contributed by atoms with Crippen molar-refractivity contribution in [3.05, 3.63) is 48.2 Å². The number of hydrogen-bond donors (Lipinski definition) is 1. The molecule has 2 aromatic heterocycles. The van der Waals surface area contributed by atoms with Crippen LogP contribution in [0.15, 0.2) is 46.0 Å². The summed E-state index contributed by atoms with van der Waals surface area (Å²) >= 11 is 1.40. The normalized spacial score (nSPS) is 10.2. The van der Waals surface area contributed by atoms with Crippen molar-refractivity contribution in [3.8, 4) is 0 Å². The zero-order valence-electron chi connectivity index (χ0n) is 8.29. The van der Waals surface area contributed by atoms with Crippen molar-refractivity contribution in [2.24, 2.45) is 0 Å². The molecule has 0 saturated carbocycles. The molecule has 0 aliphatic heterocycles. The molecule has 82 valence electrons. The van der Waals surface area contributed by atoms with Gasteiger partial charge in [-0.05, 0) is 24.3 Å². The maximum Gasteiger partial charge on any atom is 0.355 e. The number of hydrogen-bond acceptors (Lipinski definition) is 4. The van der Waals surface area contributed by atoms with E-state index < -0.39 is 5.97 Å². The molecule has 2 heterocycles. The lowest BCUT2D eigenvalue weighted by atomic mass is 10.3. The number of carbonyl (C=O) groups is 1. The van der Waals surface area contributed by atoms with Crippen molar-refractivity contribution < 1.29 is 14.3 Å². The third kappa shape index (κ3) is 2.43. The molecule has 0 atom stereocenters. The first-order valence-corrected chi connectivity index (χ1v) is 5.59. The number of nitrogens with zero attached hydrogens (tertiary/aromatic N) is 1. The van der Waals surface area contributed by atoms with Gasteiger partial charge in [0.15, 0.2) is 5.69 Å². The lowest BCUT2D eigenvalue weighted by molar-refractivity contribution is 0.0686. The first kappa shape index (κ1) is 10.8. The van der Waals surface area contributed by atoms with Gasteiger partial charge in [-0.15, -0.1) is 11.8 Å². The molecule has 2 rings (SSSR count). The van der Waals surface area contributed by atoms with Gasteiger partial charge in [-0.25, -0.2) is 9.78 Å². The SMILES string of the molecule is O=C(O)c1ncccc1SCc1ccco1. The van der Waals surface area contributed by atoms with Crippen LogP contribution in [0, 0.1) is 0 Å². The van der Waals surface area contributed by atoms with Crippen LogP contribution in [0.4, 0.5) is 0 Å². The second-order valence-corrected chi connectivity index (χ2v) is 4.04. The predicted molar refractivity (Wildman–Crippen MR) is 59.5 cm³/mol. The summed E-state index contributed by atoms with van der Waals surface area (Å²) in [7, 11) is 0. The molecule has 16 heavy (non-hydrogen) atoms. The van der Waals surface area contributed by atoms with Gasteiger partial charge < -0.3 is 9.52 Å². The van der Waals surface area contributed by atoms with Crippen LogP contribution in [0.1, 0.15) is 16.2 Å². The van der Waals surface area contributed by atoms with Crippen molar-refractivity contribution in [2.45, 2.75) is 10.6 Å². The highest BCUT2D eigenvalue weighted by atomic mass is 32.2. The molecule has 0 aliphatic rings. The summed E-state index contributed by atoms with van der Waals surface area (Å²) in [5.74, 6) is 0.395. The number of aromatic carboxylic acids is 1. The zero-order valence-corrected chi connectivity index (χ0v) is 9.11. The van der Waals surface area contributed by atoms with Crippen LogP contribution < -0.4 is 0 Å². The van der Waals surface area contributed by atoms with E-state index in [1.807, 2.05) is 6.07 Å². The zero-order chi connectivity index (χ0) is 11.4. The molecule has 0 bridgehead atoms. The van der Waals surface area contributed by atoms with E-state index in [0.717, 1.165) is 5.76 Å². The summed E-state index contributed by atoms with van der Waals surface area (Å²) in [4.78, 5) is 15.4. The van der Waals surface area contributed by atoms with Crippen molar-refractivity contribution in [1.29, 1.82) is 0 Å². The molecule has 2 aromatic rings. The van der Waals surface area contributed by atoms with Gasteiger partial charge >= 0.3 is 5.97 Å². The van der Waals surface area contributed by atoms with E-state index in [9.17, 15) is 4.79 Å². The molecule has 4 nitrogen and oxygen atoms in total. The van der Waals surface area contributed by atoms with E-state index in [-0.39, 0.29) is 5.69 Å². The summed E-state index contributed by atoms with van der Waals surface area (Å²) in [6.07, 6.45) is 3.07. The van der Waals surface area contributed by atoms with Gasteiger partial charge in [0.2, 0.25) is 0 Å². The van der Waals surface area contributed by atoms with E-state index >= 15 is 0 Å². The molecular weight excluding hydrogens is 226 g/mol. The van der Waals surface area contributed by atoms with E-state index in [1.54, 1.807) is 24.5 Å². The average Bonchev–Trinajstić information content (AvgIpc) is 2.79. The fourth-order valence-electron chi connectivity index (χ4n) is 1.21. The van der Waals surface area contributed by atoms with Crippen LogP contribution in [-0.4, -0.2) is 16.1 Å². The van der Waals surface area contributed by atoms with Crippen molar-refractivity contribution in [3.63, 3.8) is 0 Å². The fourth-order valence-corrected chi connectivity index (χ4v) is 2.12. The first-order chi connectivity index (χ1) is 7.77. The number of rotatable bonds is 4. The fraction of sp³-hybridized carbons (Fsp3) is 0.0909. The second kappa shape index (κ2) is 4.85. The Morgan fingerprint density at radius 3 is 3.00 bits per heavy atom. The Morgan fingerprint density at radius 2 is 2.31 bits per heavy atom. The molecule has 0 saturated heterocycles. The highest BCUT2D eigenvalue weighted by Gasteiger charge is 2.11. The summed E-state index contributed by atoms with van der Waals surface area (Å²) in [5, 5.41) is 8.92. The monoisotopic (exact) mass is 235 g/mol. The van der Waals surface area contributed by atoms with Crippen molar-refractivity contribution >= 4 is 17.7 Å². The van der Waals surface area contributed by atoms with Gasteiger partial charge in [0.05, 0.1) is 12.0 Å². The highest BCUT2D eigenvalue weighted by Crippen LogP contribution is 2.25. The Bertz CT molecular complexity index is 482. The predicted octanol–water partition coefficient (Wildman–Crippen LogP) is 2.67. The minimum absolute atomic E-state index is 0.0825. The first-order valence-electron chi connectivity index (χ1n) is 4.61. The van der Waals surface area contributed by atoms with Crippen molar-refractivity contribution in [2.75, 3.05) is 0 Å². The third-order valence-corrected chi connectivity index (χ3v) is 2.99. The average molecular weight is 235 g/mol. The van der Waals surface area contributed by atoms with Crippen LogP contribution in [0.3, 0.4) is 0 Å². The van der Waals surface area contributed by atoms with E-state index in [0.29, 0.717) is 10.6 Å². The van der Waals surface area contributed by atoms with Gasteiger partial charge in [0, 0.05) is 11.1 Å². The van der Waals surface area contributed by atoms with Crippen LogP contribution >= 0.6 is 11.8 Å². The topological polar surface area (TPSA) is 63.3 Å². The summed E-state index contributed by atoms with van der Waals surface area (Å²) in [5.41, 5.74) is 0.0825. The lowest BCUT2D eigenvalue weighted by Crippen LogP contribution is -2.01. The number of thioether (sulfide) groups is 1. The molecule has 5 heteroatoms. The largest absolute Gasteiger partial charge is 0.476 e. The number of furan rings is 1. The second-order valence-electron chi connectivity index (χ2n) is 3.02. The number of pyridine rings is 1. The minimum Gasteiger partial charge on any atom is -0.476 e. The van der Waals surface area contributed by atoms with Crippen LogP contribution in [-0.2, 0) is 5.75 Å². The molecule has 1 N–H and O–H groups in total. The Balaban J connectivity index is 2.12. The standard InChI is InChI=1S/C11H9NO3S/c13-11(14)10-9(4-1-5-12-10)16-7-8-3-2-6-15-8/h1-6H,7H2,(H,13,14). The van der Waals surface area contributed by atoms with E-state index in [4.69, 9.17) is 9.52 Å². The lowest BCUT2D eigenvalue weighted by Gasteiger charge is -2.02. The molecule has 0 radical (unpaired) electrons. The Kier molecular flexibility index (Phi) is 3.26. The van der Waals surface area contributed by atoms with Gasteiger partial charge in [-0.3, -0.25) is 0 Å². The van der Waals surface area contributed by atoms with Gasteiger partial charge in [0.1, 0.15) is 5.76 Å². The van der Waals surface area contributed by atoms with E-state index in [2.05, 4.69) is 4.98 Å². The maximum absolute atomic E-state index is 10.9. The Labute approximate surface area is 96.3 Å². The Hall–Kier alpha value is -1.75. The van der Waals surface area contributed by atoms with Crippen LogP contribution in [0.2, 0.25) is 0 Å². The number of aromatic nitrogens is 1. The molecule has 0 amide bonds. The van der Waals surface area contributed by atoms with Gasteiger partial charge in [-0.2, -0.15) is 0 Å². The summed E-state index contributed by atoms with van der Waals surface area (Å²) in [6.45, 7) is 0. The molecule has 0 unspecified atom stereocenters. The maximum atomic E-state index is 10.9. The smallest absolute Gasteiger partial charge is 0.355 e. The Morgan fingerprint density at radius 1 is 1.44 bits per heavy atom. The van der Waals surface area contributed by atoms with Crippen LogP contribution in [0.5, 0.6) is 0 Å². The molecule has 0 aromatic carbocycles. The highest BCUT2D eigenvalue weighted by molar-refractivity contribution is 7.98. The van der Waals surface area contributed by atoms with Gasteiger partial charge in [-0.1, -0.05) is 0 Å². The molecular formula is C11H9NO3S. The quantitative estimate of drug-likeness (QED) is 0.825. The van der Waals surface area contributed by atoms with Crippen molar-refractivity contribution in [1.82, 2.24) is 4.98 Å².